The molecule has 186 valence electrons. The Hall–Kier alpha value is -3.25. The summed E-state index contributed by atoms with van der Waals surface area (Å²) in [6, 6.07) is 28.3. The summed E-state index contributed by atoms with van der Waals surface area (Å²) >= 11 is 12.7. The van der Waals surface area contributed by atoms with Crippen molar-refractivity contribution in [2.45, 2.75) is 23.3 Å². The molecule has 0 radical (unpaired) electrons. The minimum atomic E-state index is -3.77. The van der Waals surface area contributed by atoms with E-state index in [1.807, 2.05) is 60.7 Å². The van der Waals surface area contributed by atoms with E-state index in [0.29, 0.717) is 15.7 Å². The lowest BCUT2D eigenvalue weighted by atomic mass is 9.77. The maximum atomic E-state index is 13.3. The average molecular weight is 548 g/mol. The van der Waals surface area contributed by atoms with Crippen LogP contribution in [-0.2, 0) is 10.0 Å². The molecular weight excluding hydrogens is 523 g/mol. The third kappa shape index (κ3) is 4.63. The van der Waals surface area contributed by atoms with Crippen LogP contribution in [0.25, 0.3) is 11.1 Å². The number of fused-ring (bicyclic) bond motifs is 3. The largest absolute Gasteiger partial charge is 0.378 e. The lowest BCUT2D eigenvalue weighted by Crippen LogP contribution is -2.29. The summed E-state index contributed by atoms with van der Waals surface area (Å²) < 4.78 is 29.4. The highest BCUT2D eigenvalue weighted by Gasteiger charge is 2.39. The summed E-state index contributed by atoms with van der Waals surface area (Å²) in [4.78, 5) is 0.238. The maximum absolute atomic E-state index is 13.3. The van der Waals surface area contributed by atoms with Crippen LogP contribution >= 0.6 is 23.2 Å². The molecule has 2 aliphatic rings. The summed E-state index contributed by atoms with van der Waals surface area (Å²) in [6.07, 6.45) is 5.22. The zero-order valence-electron chi connectivity index (χ0n) is 19.7. The molecule has 4 aromatic carbocycles. The van der Waals surface area contributed by atoms with E-state index in [4.69, 9.17) is 23.2 Å². The number of anilines is 2. The lowest BCUT2D eigenvalue weighted by Gasteiger charge is -2.38. The predicted octanol–water partition coefficient (Wildman–Crippen LogP) is 8.29. The maximum Gasteiger partial charge on any atom is 0.261 e. The quantitative estimate of drug-likeness (QED) is 0.247. The van der Waals surface area contributed by atoms with Crippen molar-refractivity contribution in [1.82, 2.24) is 0 Å². The van der Waals surface area contributed by atoms with Crippen molar-refractivity contribution in [2.24, 2.45) is 5.92 Å². The summed E-state index contributed by atoms with van der Waals surface area (Å²) in [6.45, 7) is 0. The molecule has 2 N–H and O–H groups in total. The molecule has 4 aromatic rings. The van der Waals surface area contributed by atoms with E-state index < -0.39 is 10.0 Å². The molecule has 3 atom stereocenters. The molecule has 0 amide bonds. The Morgan fingerprint density at radius 3 is 2.32 bits per heavy atom. The molecule has 6 rings (SSSR count). The second kappa shape index (κ2) is 9.56. The molecule has 0 bridgehead atoms. The molecule has 4 nitrogen and oxygen atoms in total. The Morgan fingerprint density at radius 2 is 1.57 bits per heavy atom. The normalized spacial score (nSPS) is 20.1. The van der Waals surface area contributed by atoms with Crippen molar-refractivity contribution < 1.29 is 8.42 Å². The highest BCUT2D eigenvalue weighted by Crippen LogP contribution is 2.51. The fourth-order valence-electron chi connectivity index (χ4n) is 5.38. The molecule has 0 unspecified atom stereocenters. The Kier molecular flexibility index (Phi) is 6.23. The van der Waals surface area contributed by atoms with E-state index >= 15 is 0 Å². The van der Waals surface area contributed by atoms with Crippen molar-refractivity contribution >= 4 is 44.6 Å². The van der Waals surface area contributed by atoms with Crippen molar-refractivity contribution in [2.75, 3.05) is 10.0 Å². The lowest BCUT2D eigenvalue weighted by molar-refractivity contribution is 0.425. The number of hydrogen-bond donors (Lipinski definition) is 2. The topological polar surface area (TPSA) is 58.2 Å². The minimum Gasteiger partial charge on any atom is -0.378 e. The van der Waals surface area contributed by atoms with Gasteiger partial charge in [0.15, 0.2) is 0 Å². The Balaban J connectivity index is 1.28. The van der Waals surface area contributed by atoms with Gasteiger partial charge >= 0.3 is 0 Å². The Bertz CT molecular complexity index is 1600. The van der Waals surface area contributed by atoms with Gasteiger partial charge in [0.1, 0.15) is 0 Å². The predicted molar refractivity (Wildman–Crippen MR) is 152 cm³/mol. The monoisotopic (exact) mass is 546 g/mol. The SMILES string of the molecule is O=S(=O)(Nc1ccc(-c2ccccc2)cc1)c1ccc2c(c1)[C@H]1C=CC[C@H]1[C@@H](c1ccc(Cl)cc1Cl)N2. The van der Waals surface area contributed by atoms with Crippen molar-refractivity contribution in [1.29, 1.82) is 0 Å². The molecule has 0 fully saturated rings. The molecule has 1 heterocycles. The number of halogens is 2. The van der Waals surface area contributed by atoms with Crippen LogP contribution < -0.4 is 10.0 Å². The zero-order valence-corrected chi connectivity index (χ0v) is 22.1. The zero-order chi connectivity index (χ0) is 25.6. The van der Waals surface area contributed by atoms with Gasteiger partial charge in [-0.05, 0) is 77.1 Å². The summed E-state index contributed by atoms with van der Waals surface area (Å²) in [5.41, 5.74) is 5.51. The van der Waals surface area contributed by atoms with Crippen molar-refractivity contribution in [3.8, 4) is 11.1 Å². The van der Waals surface area contributed by atoms with E-state index in [1.54, 1.807) is 30.3 Å². The molecule has 0 aromatic heterocycles. The van der Waals surface area contributed by atoms with Gasteiger partial charge in [0.05, 0.1) is 10.9 Å². The summed E-state index contributed by atoms with van der Waals surface area (Å²) in [7, 11) is -3.77. The summed E-state index contributed by atoms with van der Waals surface area (Å²) in [5.74, 6) is 0.316. The molecule has 0 saturated heterocycles. The number of rotatable bonds is 5. The fraction of sp³-hybridized carbons (Fsp3) is 0.133. The molecule has 0 spiro atoms. The van der Waals surface area contributed by atoms with Gasteiger partial charge in [-0.25, -0.2) is 8.42 Å². The van der Waals surface area contributed by atoms with Gasteiger partial charge in [0, 0.05) is 27.3 Å². The number of allylic oxidation sites excluding steroid dienone is 2. The summed E-state index contributed by atoms with van der Waals surface area (Å²) in [5, 5.41) is 4.84. The number of nitrogens with one attached hydrogen (secondary N) is 2. The van der Waals surface area contributed by atoms with Crippen LogP contribution in [0.5, 0.6) is 0 Å². The highest BCUT2D eigenvalue weighted by molar-refractivity contribution is 7.92. The smallest absolute Gasteiger partial charge is 0.261 e. The van der Waals surface area contributed by atoms with Crippen LogP contribution in [0.4, 0.5) is 11.4 Å². The second-order valence-electron chi connectivity index (χ2n) is 9.44. The van der Waals surface area contributed by atoms with Gasteiger partial charge in [-0.1, -0.05) is 83.9 Å². The average Bonchev–Trinajstić information content (AvgIpc) is 3.39. The van der Waals surface area contributed by atoms with E-state index in [2.05, 4.69) is 22.2 Å². The van der Waals surface area contributed by atoms with E-state index in [-0.39, 0.29) is 22.8 Å². The van der Waals surface area contributed by atoms with Crippen LogP contribution in [0.1, 0.15) is 29.5 Å². The van der Waals surface area contributed by atoms with Gasteiger partial charge in [-0.3, -0.25) is 4.72 Å². The molecule has 37 heavy (non-hydrogen) atoms. The number of benzene rings is 4. The standard InChI is InChI=1S/C30H24Cl2N2O2S/c31-21-11-15-26(28(32)17-21)30-25-8-4-7-24(25)27-18-23(14-16-29(27)33-30)37(35,36)34-22-12-9-20(10-13-22)19-5-2-1-3-6-19/h1-7,9-18,24-25,30,33-34H,8H2/t24-,25+,30-/m0/s1. The first-order valence-electron chi connectivity index (χ1n) is 12.1. The molecular formula is C30H24Cl2N2O2S. The number of sulfonamides is 1. The molecule has 0 saturated carbocycles. The van der Waals surface area contributed by atoms with E-state index in [9.17, 15) is 8.42 Å². The molecule has 1 aliphatic heterocycles. The van der Waals surface area contributed by atoms with E-state index in [1.165, 1.54) is 0 Å². The van der Waals surface area contributed by atoms with Gasteiger partial charge in [-0.2, -0.15) is 0 Å². The first kappa shape index (κ1) is 24.1. The van der Waals surface area contributed by atoms with Crippen LogP contribution in [-0.4, -0.2) is 8.42 Å². The van der Waals surface area contributed by atoms with Crippen molar-refractivity contribution in [3.05, 3.63) is 124 Å². The number of hydrogen-bond acceptors (Lipinski definition) is 3. The first-order chi connectivity index (χ1) is 17.9. The van der Waals surface area contributed by atoms with Crippen LogP contribution in [0.15, 0.2) is 108 Å². The molecule has 1 aliphatic carbocycles. The third-order valence-electron chi connectivity index (χ3n) is 7.19. The Morgan fingerprint density at radius 1 is 0.811 bits per heavy atom. The van der Waals surface area contributed by atoms with Crippen LogP contribution in [0.2, 0.25) is 10.0 Å². The Labute approximate surface area is 227 Å². The molecule has 7 heteroatoms. The van der Waals surface area contributed by atoms with Gasteiger partial charge in [-0.15, -0.1) is 0 Å². The van der Waals surface area contributed by atoms with Crippen LogP contribution in [0, 0.1) is 5.92 Å². The third-order valence-corrected chi connectivity index (χ3v) is 9.13. The highest BCUT2D eigenvalue weighted by atomic mass is 35.5. The van der Waals surface area contributed by atoms with Gasteiger partial charge < -0.3 is 5.32 Å². The minimum absolute atomic E-state index is 0.000906. The second-order valence-corrected chi connectivity index (χ2v) is 12.0. The van der Waals surface area contributed by atoms with Crippen LogP contribution in [0.3, 0.4) is 0 Å². The van der Waals surface area contributed by atoms with Gasteiger partial charge in [0.2, 0.25) is 0 Å². The van der Waals surface area contributed by atoms with Crippen molar-refractivity contribution in [3.63, 3.8) is 0 Å². The van der Waals surface area contributed by atoms with Gasteiger partial charge in [0.25, 0.3) is 10.0 Å². The first-order valence-corrected chi connectivity index (χ1v) is 14.3. The van der Waals surface area contributed by atoms with E-state index in [0.717, 1.165) is 34.4 Å². The fourth-order valence-corrected chi connectivity index (χ4v) is 7.00.